The Morgan fingerprint density at radius 2 is 1.57 bits per heavy atom. The molecule has 3 heteroatoms. The normalized spacial score (nSPS) is 24.1. The van der Waals surface area contributed by atoms with Gasteiger partial charge in [-0.05, 0) is 34.8 Å². The first-order valence-corrected chi connectivity index (χ1v) is 15.3. The van der Waals surface area contributed by atoms with Crippen LogP contribution >= 0.6 is 0 Å². The summed E-state index contributed by atoms with van der Waals surface area (Å²) < 4.78 is 6.86. The molecule has 0 radical (unpaired) electrons. The van der Waals surface area contributed by atoms with Crippen molar-refractivity contribution in [2.45, 2.75) is 71.6 Å². The Kier molecular flexibility index (Phi) is 4.89. The third-order valence-corrected chi connectivity index (χ3v) is 11.0. The molecule has 2 atom stereocenters. The summed E-state index contributed by atoms with van der Waals surface area (Å²) in [6.07, 6.45) is 0.217. The van der Waals surface area contributed by atoms with Gasteiger partial charge in [-0.15, -0.1) is 0 Å². The Bertz CT molecular complexity index is 603. The molecule has 2 rings (SSSR count). The van der Waals surface area contributed by atoms with Gasteiger partial charge in [-0.1, -0.05) is 77.3 Å². The van der Waals surface area contributed by atoms with Crippen LogP contribution in [0.3, 0.4) is 0 Å². The van der Waals surface area contributed by atoms with Crippen LogP contribution in [0, 0.1) is 5.92 Å². The first kappa shape index (κ1) is 18.7. The minimum atomic E-state index is -1.78. The first-order valence-electron chi connectivity index (χ1n) is 8.83. The van der Waals surface area contributed by atoms with Crippen LogP contribution in [0.2, 0.25) is 37.8 Å². The van der Waals surface area contributed by atoms with Crippen molar-refractivity contribution in [3.63, 3.8) is 0 Å². The monoisotopic (exact) mass is 346 g/mol. The molecule has 0 saturated carbocycles. The standard InChI is InChI=1S/C20H34OSi2/c1-15-18(14-22(5,6)7)16-12-10-11-13-17(16)19(15)21-23(8,9)20(2,3)4/h10-15,19H,1-9H3/b18-14-. The fourth-order valence-corrected chi connectivity index (χ4v) is 5.69. The average molecular weight is 347 g/mol. The second kappa shape index (κ2) is 6.01. The molecule has 0 N–H and O–H groups in total. The first-order chi connectivity index (χ1) is 10.3. The molecule has 0 fully saturated rings. The number of hydrogen-bond donors (Lipinski definition) is 0. The number of fused-ring (bicyclic) bond motifs is 1. The second-order valence-corrected chi connectivity index (χ2v) is 19.4. The maximum absolute atomic E-state index is 6.86. The summed E-state index contributed by atoms with van der Waals surface area (Å²) in [6.45, 7) is 21.3. The van der Waals surface area contributed by atoms with Gasteiger partial charge in [0.15, 0.2) is 8.32 Å². The summed E-state index contributed by atoms with van der Waals surface area (Å²) in [5.74, 6) is 0.452. The molecule has 1 aliphatic rings. The molecule has 0 amide bonds. The van der Waals surface area contributed by atoms with E-state index in [4.69, 9.17) is 4.43 Å². The third-order valence-electron chi connectivity index (χ3n) is 5.34. The number of hydrogen-bond acceptors (Lipinski definition) is 1. The average Bonchev–Trinajstić information content (AvgIpc) is 2.62. The lowest BCUT2D eigenvalue weighted by atomic mass is 10.0. The summed E-state index contributed by atoms with van der Waals surface area (Å²) in [6, 6.07) is 8.88. The highest BCUT2D eigenvalue weighted by Crippen LogP contribution is 2.50. The maximum Gasteiger partial charge on any atom is 0.192 e. The van der Waals surface area contributed by atoms with Gasteiger partial charge in [0, 0.05) is 5.92 Å². The smallest absolute Gasteiger partial charge is 0.192 e. The molecule has 2 unspecified atom stereocenters. The van der Waals surface area contributed by atoms with E-state index in [1.807, 2.05) is 0 Å². The summed E-state index contributed by atoms with van der Waals surface area (Å²) in [5, 5.41) is 0.243. The molecule has 23 heavy (non-hydrogen) atoms. The van der Waals surface area contributed by atoms with Crippen molar-refractivity contribution in [3.05, 3.63) is 41.1 Å². The zero-order valence-corrected chi connectivity index (χ0v) is 18.4. The van der Waals surface area contributed by atoms with Gasteiger partial charge in [-0.3, -0.25) is 0 Å². The van der Waals surface area contributed by atoms with E-state index in [2.05, 4.69) is 90.4 Å². The molecule has 0 heterocycles. The van der Waals surface area contributed by atoms with Gasteiger partial charge in [0.05, 0.1) is 14.2 Å². The highest BCUT2D eigenvalue weighted by Gasteiger charge is 2.44. The molecule has 0 aromatic heterocycles. The molecular formula is C20H34OSi2. The van der Waals surface area contributed by atoms with Crippen molar-refractivity contribution in [1.82, 2.24) is 0 Å². The summed E-state index contributed by atoms with van der Waals surface area (Å²) in [4.78, 5) is 0. The minimum Gasteiger partial charge on any atom is -0.409 e. The van der Waals surface area contributed by atoms with Crippen molar-refractivity contribution >= 4 is 22.0 Å². The molecule has 0 saturated heterocycles. The highest BCUT2D eigenvalue weighted by atomic mass is 28.4. The SMILES string of the molecule is CC1/C(=C/[Si](C)(C)C)c2ccccc2C1O[Si](C)(C)C(C)(C)C. The number of benzene rings is 1. The van der Waals surface area contributed by atoms with Crippen LogP contribution in [-0.2, 0) is 4.43 Å². The largest absolute Gasteiger partial charge is 0.409 e. The molecule has 1 nitrogen and oxygen atoms in total. The van der Waals surface area contributed by atoms with E-state index in [1.54, 1.807) is 0 Å². The molecular weight excluding hydrogens is 312 g/mol. The Morgan fingerprint density at radius 1 is 1.00 bits per heavy atom. The van der Waals surface area contributed by atoms with Crippen LogP contribution < -0.4 is 0 Å². The highest BCUT2D eigenvalue weighted by molar-refractivity contribution is 6.81. The second-order valence-electron chi connectivity index (χ2n) is 9.64. The zero-order valence-electron chi connectivity index (χ0n) is 16.4. The van der Waals surface area contributed by atoms with Gasteiger partial charge in [-0.2, -0.15) is 0 Å². The fourth-order valence-electron chi connectivity index (χ4n) is 3.02. The Labute approximate surface area is 145 Å². The van der Waals surface area contributed by atoms with Crippen molar-refractivity contribution in [3.8, 4) is 0 Å². The Balaban J connectivity index is 2.46. The number of rotatable bonds is 3. The van der Waals surface area contributed by atoms with Gasteiger partial charge in [0.2, 0.25) is 0 Å². The van der Waals surface area contributed by atoms with E-state index >= 15 is 0 Å². The van der Waals surface area contributed by atoms with Crippen LogP contribution in [0.1, 0.15) is 44.9 Å². The van der Waals surface area contributed by atoms with Crippen molar-refractivity contribution in [2.24, 2.45) is 5.92 Å². The topological polar surface area (TPSA) is 9.23 Å². The van der Waals surface area contributed by atoms with Gasteiger partial charge >= 0.3 is 0 Å². The quantitative estimate of drug-likeness (QED) is 0.556. The summed E-state index contributed by atoms with van der Waals surface area (Å²) >= 11 is 0. The summed E-state index contributed by atoms with van der Waals surface area (Å²) in [7, 11) is -3.05. The van der Waals surface area contributed by atoms with Crippen molar-refractivity contribution in [2.75, 3.05) is 0 Å². The van der Waals surface area contributed by atoms with E-state index in [1.165, 1.54) is 16.7 Å². The Hall–Kier alpha value is -0.646. The lowest BCUT2D eigenvalue weighted by molar-refractivity contribution is 0.159. The lowest BCUT2D eigenvalue weighted by Crippen LogP contribution is -2.42. The van der Waals surface area contributed by atoms with Gasteiger partial charge in [0.1, 0.15) is 0 Å². The van der Waals surface area contributed by atoms with E-state index < -0.39 is 16.4 Å². The predicted molar refractivity (Wildman–Crippen MR) is 108 cm³/mol. The minimum absolute atomic E-state index is 0.217. The van der Waals surface area contributed by atoms with E-state index in [0.29, 0.717) is 5.92 Å². The van der Waals surface area contributed by atoms with Crippen LogP contribution in [0.4, 0.5) is 0 Å². The summed E-state index contributed by atoms with van der Waals surface area (Å²) in [5.41, 5.74) is 6.91. The van der Waals surface area contributed by atoms with Crippen molar-refractivity contribution < 1.29 is 4.43 Å². The Morgan fingerprint density at radius 3 is 2.09 bits per heavy atom. The fraction of sp³-hybridized carbons (Fsp3) is 0.600. The van der Waals surface area contributed by atoms with Crippen LogP contribution in [0.15, 0.2) is 30.0 Å². The van der Waals surface area contributed by atoms with Gasteiger partial charge in [-0.25, -0.2) is 0 Å². The lowest BCUT2D eigenvalue weighted by Gasteiger charge is -2.39. The molecule has 1 aromatic carbocycles. The van der Waals surface area contributed by atoms with Gasteiger partial charge < -0.3 is 4.43 Å². The predicted octanol–water partition coefficient (Wildman–Crippen LogP) is 6.66. The van der Waals surface area contributed by atoms with E-state index in [9.17, 15) is 0 Å². The van der Waals surface area contributed by atoms with Crippen LogP contribution in [0.5, 0.6) is 0 Å². The molecule has 0 bridgehead atoms. The van der Waals surface area contributed by atoms with Gasteiger partial charge in [0.25, 0.3) is 0 Å². The van der Waals surface area contributed by atoms with E-state index in [-0.39, 0.29) is 11.1 Å². The third kappa shape index (κ3) is 3.89. The molecule has 0 spiro atoms. The zero-order chi connectivity index (χ0) is 17.6. The van der Waals surface area contributed by atoms with E-state index in [0.717, 1.165) is 0 Å². The molecule has 128 valence electrons. The molecule has 1 aliphatic carbocycles. The van der Waals surface area contributed by atoms with Crippen molar-refractivity contribution in [1.29, 1.82) is 0 Å². The van der Waals surface area contributed by atoms with Crippen LogP contribution in [-0.4, -0.2) is 16.4 Å². The molecule has 1 aromatic rings. The maximum atomic E-state index is 6.86. The van der Waals surface area contributed by atoms with Crippen LogP contribution in [0.25, 0.3) is 5.57 Å². The molecule has 0 aliphatic heterocycles.